The molecule has 1 aromatic carbocycles. The number of nitrogens with one attached hydrogen (secondary N) is 1. The molecule has 1 amide bonds. The Morgan fingerprint density at radius 1 is 1.20 bits per heavy atom. The van der Waals surface area contributed by atoms with Crippen molar-refractivity contribution in [1.82, 2.24) is 10.2 Å². The molecule has 0 bridgehead atoms. The molecule has 1 aromatic heterocycles. The Kier molecular flexibility index (Phi) is 7.90. The lowest BCUT2D eigenvalue weighted by Crippen LogP contribution is -2.38. The normalized spacial score (nSPS) is 15.6. The van der Waals surface area contributed by atoms with E-state index in [9.17, 15) is 4.79 Å². The number of rotatable bonds is 6. The number of nitrogens with zero attached hydrogens (tertiary/aromatic N) is 1. The van der Waals surface area contributed by atoms with Gasteiger partial charge in [-0.25, -0.2) is 0 Å². The molecule has 0 radical (unpaired) electrons. The highest BCUT2D eigenvalue weighted by atomic mass is 35.5. The van der Waals surface area contributed by atoms with Gasteiger partial charge in [-0.1, -0.05) is 18.2 Å². The van der Waals surface area contributed by atoms with Crippen LogP contribution in [-0.2, 0) is 13.1 Å². The Morgan fingerprint density at radius 3 is 2.52 bits per heavy atom. The molecule has 1 saturated heterocycles. The minimum absolute atomic E-state index is 0. The van der Waals surface area contributed by atoms with Crippen LogP contribution >= 0.6 is 23.7 Å². The number of hydrogen-bond donors (Lipinski definition) is 2. The topological polar surface area (TPSA) is 58.4 Å². The van der Waals surface area contributed by atoms with Gasteiger partial charge in [-0.15, -0.1) is 23.7 Å². The zero-order valence-corrected chi connectivity index (χ0v) is 16.0. The van der Waals surface area contributed by atoms with E-state index in [4.69, 9.17) is 5.73 Å². The second kappa shape index (κ2) is 9.92. The van der Waals surface area contributed by atoms with E-state index >= 15 is 0 Å². The highest BCUT2D eigenvalue weighted by Gasteiger charge is 2.20. The Labute approximate surface area is 159 Å². The molecule has 2 aromatic rings. The summed E-state index contributed by atoms with van der Waals surface area (Å²) in [6, 6.07) is 11.8. The fourth-order valence-electron chi connectivity index (χ4n) is 3.10. The summed E-state index contributed by atoms with van der Waals surface area (Å²) in [5, 5.41) is 5.22. The van der Waals surface area contributed by atoms with Crippen molar-refractivity contribution in [1.29, 1.82) is 0 Å². The van der Waals surface area contributed by atoms with Crippen molar-refractivity contribution in [3.63, 3.8) is 0 Å². The fraction of sp³-hybridized carbons (Fsp3) is 0.421. The smallest absolute Gasteiger partial charge is 0.251 e. The quantitative estimate of drug-likeness (QED) is 0.809. The molecule has 2 heterocycles. The van der Waals surface area contributed by atoms with Gasteiger partial charge in [0.1, 0.15) is 0 Å². The van der Waals surface area contributed by atoms with Gasteiger partial charge in [0.15, 0.2) is 0 Å². The van der Waals surface area contributed by atoms with Crippen molar-refractivity contribution in [2.24, 2.45) is 11.7 Å². The number of benzene rings is 1. The summed E-state index contributed by atoms with van der Waals surface area (Å²) in [5.41, 5.74) is 7.34. The van der Waals surface area contributed by atoms with E-state index < -0.39 is 0 Å². The molecule has 4 nitrogen and oxygen atoms in total. The van der Waals surface area contributed by atoms with Crippen LogP contribution in [0, 0.1) is 5.92 Å². The Morgan fingerprint density at radius 2 is 1.92 bits per heavy atom. The molecule has 3 N–H and O–H groups in total. The molecule has 3 rings (SSSR count). The third-order valence-corrected chi connectivity index (χ3v) is 5.53. The first-order valence-corrected chi connectivity index (χ1v) is 9.44. The van der Waals surface area contributed by atoms with E-state index in [-0.39, 0.29) is 18.3 Å². The maximum atomic E-state index is 12.2. The number of carbonyl (C=O) groups excluding carboxylic acids is 1. The van der Waals surface area contributed by atoms with Crippen LogP contribution in [0.2, 0.25) is 0 Å². The number of piperidine rings is 1. The SMILES string of the molecule is Cl.NCc1ccc(C(=O)NCC2CCN(Cc3cccs3)CC2)cc1. The molecule has 0 spiro atoms. The first kappa shape index (κ1) is 19.9. The maximum absolute atomic E-state index is 12.2. The van der Waals surface area contributed by atoms with Gasteiger partial charge in [0.25, 0.3) is 5.91 Å². The molecule has 0 atom stereocenters. The van der Waals surface area contributed by atoms with Crippen LogP contribution in [0.15, 0.2) is 41.8 Å². The van der Waals surface area contributed by atoms with Crippen LogP contribution in [0.4, 0.5) is 0 Å². The Balaban J connectivity index is 0.00000225. The predicted octanol–water partition coefficient (Wildman–Crippen LogP) is 3.27. The minimum Gasteiger partial charge on any atom is -0.352 e. The first-order valence-electron chi connectivity index (χ1n) is 8.56. The monoisotopic (exact) mass is 379 g/mol. The summed E-state index contributed by atoms with van der Waals surface area (Å²) in [6.45, 7) is 4.56. The van der Waals surface area contributed by atoms with Crippen molar-refractivity contribution in [3.05, 3.63) is 57.8 Å². The van der Waals surface area contributed by atoms with Gasteiger partial charge in [-0.05, 0) is 61.0 Å². The molecule has 6 heteroatoms. The Bertz CT molecular complexity index is 637. The highest BCUT2D eigenvalue weighted by molar-refractivity contribution is 7.09. The predicted molar refractivity (Wildman–Crippen MR) is 106 cm³/mol. The third kappa shape index (κ3) is 5.82. The standard InChI is InChI=1S/C19H25N3OS.ClH/c20-12-15-3-5-17(6-4-15)19(23)21-13-16-7-9-22(10-8-16)14-18-2-1-11-24-18;/h1-6,11,16H,7-10,12-14,20H2,(H,21,23);1H. The fourth-order valence-corrected chi connectivity index (χ4v) is 3.85. The van der Waals surface area contributed by atoms with Gasteiger partial charge < -0.3 is 11.1 Å². The van der Waals surface area contributed by atoms with Gasteiger partial charge in [0, 0.05) is 30.1 Å². The third-order valence-electron chi connectivity index (χ3n) is 4.67. The van der Waals surface area contributed by atoms with Crippen LogP contribution in [0.25, 0.3) is 0 Å². The summed E-state index contributed by atoms with van der Waals surface area (Å²) in [4.78, 5) is 16.2. The van der Waals surface area contributed by atoms with Gasteiger partial charge in [0.2, 0.25) is 0 Å². The zero-order valence-electron chi connectivity index (χ0n) is 14.3. The summed E-state index contributed by atoms with van der Waals surface area (Å²) in [7, 11) is 0. The average Bonchev–Trinajstić information content (AvgIpc) is 3.14. The van der Waals surface area contributed by atoms with Crippen molar-refractivity contribution < 1.29 is 4.79 Å². The molecule has 0 aliphatic carbocycles. The van der Waals surface area contributed by atoms with Gasteiger partial charge in [-0.2, -0.15) is 0 Å². The van der Waals surface area contributed by atoms with E-state index in [1.807, 2.05) is 35.6 Å². The van der Waals surface area contributed by atoms with E-state index in [0.29, 0.717) is 18.0 Å². The number of carbonyl (C=O) groups is 1. The van der Waals surface area contributed by atoms with Crippen LogP contribution in [0.3, 0.4) is 0 Å². The largest absolute Gasteiger partial charge is 0.352 e. The van der Waals surface area contributed by atoms with Crippen molar-refractivity contribution in [2.45, 2.75) is 25.9 Å². The molecule has 1 fully saturated rings. The number of amides is 1. The molecular formula is C19H26ClN3OS. The lowest BCUT2D eigenvalue weighted by molar-refractivity contribution is 0.0935. The molecule has 0 saturated carbocycles. The number of likely N-dealkylation sites (tertiary alicyclic amines) is 1. The summed E-state index contributed by atoms with van der Waals surface area (Å²) >= 11 is 1.83. The molecule has 25 heavy (non-hydrogen) atoms. The zero-order chi connectivity index (χ0) is 16.8. The lowest BCUT2D eigenvalue weighted by atomic mass is 9.96. The van der Waals surface area contributed by atoms with E-state index in [2.05, 4.69) is 27.7 Å². The van der Waals surface area contributed by atoms with Crippen LogP contribution < -0.4 is 11.1 Å². The number of halogens is 1. The van der Waals surface area contributed by atoms with E-state index in [1.54, 1.807) is 0 Å². The molecule has 136 valence electrons. The highest BCUT2D eigenvalue weighted by Crippen LogP contribution is 2.20. The van der Waals surface area contributed by atoms with Crippen molar-refractivity contribution in [3.8, 4) is 0 Å². The number of nitrogens with two attached hydrogens (primary N) is 1. The van der Waals surface area contributed by atoms with Gasteiger partial charge >= 0.3 is 0 Å². The summed E-state index contributed by atoms with van der Waals surface area (Å²) in [6.07, 6.45) is 2.30. The van der Waals surface area contributed by atoms with E-state index in [0.717, 1.165) is 44.6 Å². The second-order valence-corrected chi connectivity index (χ2v) is 7.44. The Hall–Kier alpha value is -1.40. The van der Waals surface area contributed by atoms with Crippen LogP contribution in [0.1, 0.15) is 33.6 Å². The minimum atomic E-state index is 0. The summed E-state index contributed by atoms with van der Waals surface area (Å²) < 4.78 is 0. The molecule has 1 aliphatic heterocycles. The first-order chi connectivity index (χ1) is 11.7. The maximum Gasteiger partial charge on any atom is 0.251 e. The molecule has 1 aliphatic rings. The second-order valence-electron chi connectivity index (χ2n) is 6.41. The molecular weight excluding hydrogens is 354 g/mol. The lowest BCUT2D eigenvalue weighted by Gasteiger charge is -2.31. The number of hydrogen-bond acceptors (Lipinski definition) is 4. The molecule has 0 unspecified atom stereocenters. The van der Waals surface area contributed by atoms with E-state index in [1.165, 1.54) is 4.88 Å². The summed E-state index contributed by atoms with van der Waals surface area (Å²) in [5.74, 6) is 0.594. The van der Waals surface area contributed by atoms with Crippen molar-refractivity contribution >= 4 is 29.7 Å². The van der Waals surface area contributed by atoms with Crippen LogP contribution in [0.5, 0.6) is 0 Å². The van der Waals surface area contributed by atoms with Crippen molar-refractivity contribution in [2.75, 3.05) is 19.6 Å². The average molecular weight is 380 g/mol. The number of thiophene rings is 1. The van der Waals surface area contributed by atoms with Gasteiger partial charge in [0.05, 0.1) is 0 Å². The van der Waals surface area contributed by atoms with Crippen LogP contribution in [-0.4, -0.2) is 30.4 Å². The van der Waals surface area contributed by atoms with Gasteiger partial charge in [-0.3, -0.25) is 9.69 Å².